The van der Waals surface area contributed by atoms with Crippen molar-refractivity contribution < 1.29 is 9.90 Å². The molecule has 4 heteroatoms. The van der Waals surface area contributed by atoms with Gasteiger partial charge in [0.25, 0.3) is 0 Å². The predicted molar refractivity (Wildman–Crippen MR) is 45.5 cm³/mol. The Hall–Kier alpha value is 0.160. The molecule has 0 spiro atoms. The number of amides is 1. The van der Waals surface area contributed by atoms with Crippen LogP contribution in [0.1, 0.15) is 19.3 Å². The lowest BCUT2D eigenvalue weighted by atomic mass is 9.69. The Morgan fingerprint density at radius 3 is 2.40 bits per heavy atom. The second-order valence-electron chi connectivity index (χ2n) is 2.72. The standard InChI is InChI=1S/C6H10INO2/c7-8-5(10)6(4-9)2-1-3-6/h9H,1-4H2,(H,8,10). The molecule has 0 atom stereocenters. The molecular weight excluding hydrogens is 245 g/mol. The summed E-state index contributed by atoms with van der Waals surface area (Å²) in [4.78, 5) is 11.1. The van der Waals surface area contributed by atoms with Gasteiger partial charge in [-0.15, -0.1) is 0 Å². The Morgan fingerprint density at radius 1 is 1.70 bits per heavy atom. The zero-order valence-corrected chi connectivity index (χ0v) is 7.72. The number of carbonyl (C=O) groups is 1. The highest BCUT2D eigenvalue weighted by molar-refractivity contribution is 14.1. The quantitative estimate of drug-likeness (QED) is 0.561. The fourth-order valence-corrected chi connectivity index (χ4v) is 1.73. The molecule has 1 amide bonds. The molecule has 0 unspecified atom stereocenters. The Balaban J connectivity index is 2.55. The Labute approximate surface area is 73.7 Å². The molecule has 0 heterocycles. The van der Waals surface area contributed by atoms with Crippen molar-refractivity contribution in [1.82, 2.24) is 3.53 Å². The average Bonchev–Trinajstić information content (AvgIpc) is 1.86. The van der Waals surface area contributed by atoms with E-state index in [1.807, 2.05) is 22.9 Å². The van der Waals surface area contributed by atoms with Gasteiger partial charge >= 0.3 is 0 Å². The summed E-state index contributed by atoms with van der Waals surface area (Å²) in [6.45, 7) is -0.0121. The Bertz CT molecular complexity index is 139. The lowest BCUT2D eigenvalue weighted by molar-refractivity contribution is -0.136. The highest BCUT2D eigenvalue weighted by Gasteiger charge is 2.43. The number of carbonyl (C=O) groups excluding carboxylic acids is 1. The maximum Gasteiger partial charge on any atom is 0.237 e. The largest absolute Gasteiger partial charge is 0.395 e. The molecule has 1 aliphatic rings. The van der Waals surface area contributed by atoms with Crippen LogP contribution in [-0.4, -0.2) is 17.6 Å². The van der Waals surface area contributed by atoms with E-state index in [2.05, 4.69) is 3.53 Å². The number of hydrogen-bond donors (Lipinski definition) is 2. The first-order chi connectivity index (χ1) is 4.75. The van der Waals surface area contributed by atoms with Gasteiger partial charge in [0.1, 0.15) is 0 Å². The molecule has 1 saturated carbocycles. The zero-order chi connectivity index (χ0) is 7.61. The fourth-order valence-electron chi connectivity index (χ4n) is 1.16. The van der Waals surface area contributed by atoms with Crippen LogP contribution in [0.4, 0.5) is 0 Å². The number of halogens is 1. The third-order valence-electron chi connectivity index (χ3n) is 2.18. The first-order valence-electron chi connectivity index (χ1n) is 3.27. The van der Waals surface area contributed by atoms with Crippen LogP contribution in [0.5, 0.6) is 0 Å². The van der Waals surface area contributed by atoms with Crippen LogP contribution in [0.15, 0.2) is 0 Å². The second kappa shape index (κ2) is 3.04. The summed E-state index contributed by atoms with van der Waals surface area (Å²) in [5.74, 6) is -0.0261. The monoisotopic (exact) mass is 255 g/mol. The predicted octanol–water partition coefficient (Wildman–Crippen LogP) is 0.615. The molecule has 58 valence electrons. The van der Waals surface area contributed by atoms with Crippen molar-refractivity contribution in [3.8, 4) is 0 Å². The fraction of sp³-hybridized carbons (Fsp3) is 0.833. The molecule has 0 radical (unpaired) electrons. The number of nitrogens with one attached hydrogen (secondary N) is 1. The molecule has 1 rings (SSSR count). The van der Waals surface area contributed by atoms with E-state index in [-0.39, 0.29) is 12.5 Å². The maximum absolute atomic E-state index is 11.1. The van der Waals surface area contributed by atoms with Gasteiger partial charge in [-0.1, -0.05) is 6.42 Å². The van der Waals surface area contributed by atoms with E-state index in [1.165, 1.54) is 0 Å². The van der Waals surface area contributed by atoms with E-state index in [0.29, 0.717) is 0 Å². The number of aliphatic hydroxyl groups excluding tert-OH is 1. The molecule has 1 fully saturated rings. The summed E-state index contributed by atoms with van der Waals surface area (Å²) in [7, 11) is 0. The number of aliphatic hydroxyl groups is 1. The van der Waals surface area contributed by atoms with Gasteiger partial charge in [-0.05, 0) is 12.8 Å². The highest BCUT2D eigenvalue weighted by atomic mass is 127. The number of rotatable bonds is 2. The summed E-state index contributed by atoms with van der Waals surface area (Å²) in [5.41, 5.74) is -0.429. The Kier molecular flexibility index (Phi) is 2.51. The van der Waals surface area contributed by atoms with Gasteiger partial charge in [-0.2, -0.15) is 0 Å². The summed E-state index contributed by atoms with van der Waals surface area (Å²) in [5, 5.41) is 8.87. The van der Waals surface area contributed by atoms with E-state index in [1.54, 1.807) is 0 Å². The van der Waals surface area contributed by atoms with Gasteiger partial charge in [0.2, 0.25) is 5.91 Å². The minimum Gasteiger partial charge on any atom is -0.395 e. The molecule has 3 nitrogen and oxygen atoms in total. The normalized spacial score (nSPS) is 21.4. The Morgan fingerprint density at radius 2 is 2.30 bits per heavy atom. The minimum absolute atomic E-state index is 0.0121. The van der Waals surface area contributed by atoms with Crippen LogP contribution in [0.25, 0.3) is 0 Å². The first-order valence-corrected chi connectivity index (χ1v) is 4.35. The van der Waals surface area contributed by atoms with Crippen LogP contribution >= 0.6 is 22.9 Å². The van der Waals surface area contributed by atoms with Gasteiger partial charge in [0, 0.05) is 0 Å². The zero-order valence-electron chi connectivity index (χ0n) is 5.56. The van der Waals surface area contributed by atoms with Crippen molar-refractivity contribution in [3.63, 3.8) is 0 Å². The summed E-state index contributed by atoms with van der Waals surface area (Å²) in [6.07, 6.45) is 2.72. The van der Waals surface area contributed by atoms with Crippen molar-refractivity contribution in [2.75, 3.05) is 6.61 Å². The third kappa shape index (κ3) is 1.14. The second-order valence-corrected chi connectivity index (χ2v) is 3.25. The molecule has 1 aliphatic carbocycles. The first kappa shape index (κ1) is 8.26. The third-order valence-corrected chi connectivity index (χ3v) is 2.67. The molecule has 0 aromatic rings. The van der Waals surface area contributed by atoms with Gasteiger partial charge in [-0.25, -0.2) is 0 Å². The average molecular weight is 255 g/mol. The van der Waals surface area contributed by atoms with E-state index in [0.717, 1.165) is 19.3 Å². The summed E-state index contributed by atoms with van der Waals surface area (Å²) >= 11 is 1.81. The van der Waals surface area contributed by atoms with Gasteiger partial charge in [-0.3, -0.25) is 8.32 Å². The van der Waals surface area contributed by atoms with Gasteiger partial charge in [0.15, 0.2) is 0 Å². The topological polar surface area (TPSA) is 49.3 Å². The van der Waals surface area contributed by atoms with Crippen LogP contribution in [-0.2, 0) is 4.79 Å². The molecule has 0 aliphatic heterocycles. The molecule has 0 aromatic heterocycles. The lowest BCUT2D eigenvalue weighted by Crippen LogP contribution is -2.45. The summed E-state index contributed by atoms with van der Waals surface area (Å²) in [6, 6.07) is 0. The lowest BCUT2D eigenvalue weighted by Gasteiger charge is -2.37. The highest BCUT2D eigenvalue weighted by Crippen LogP contribution is 2.40. The molecule has 10 heavy (non-hydrogen) atoms. The van der Waals surface area contributed by atoms with Gasteiger partial charge < -0.3 is 5.11 Å². The van der Waals surface area contributed by atoms with Crippen molar-refractivity contribution in [3.05, 3.63) is 0 Å². The van der Waals surface area contributed by atoms with Gasteiger partial charge in [0.05, 0.1) is 34.9 Å². The summed E-state index contributed by atoms with van der Waals surface area (Å²) < 4.78 is 2.53. The maximum atomic E-state index is 11.1. The minimum atomic E-state index is -0.429. The van der Waals surface area contributed by atoms with E-state index in [9.17, 15) is 4.79 Å². The van der Waals surface area contributed by atoms with Crippen LogP contribution in [0.3, 0.4) is 0 Å². The van der Waals surface area contributed by atoms with E-state index in [4.69, 9.17) is 5.11 Å². The van der Waals surface area contributed by atoms with Crippen molar-refractivity contribution in [1.29, 1.82) is 0 Å². The van der Waals surface area contributed by atoms with Crippen molar-refractivity contribution >= 4 is 28.8 Å². The SMILES string of the molecule is O=C(NI)C1(CO)CCC1. The molecule has 0 aromatic carbocycles. The van der Waals surface area contributed by atoms with E-state index < -0.39 is 5.41 Å². The van der Waals surface area contributed by atoms with Crippen LogP contribution in [0.2, 0.25) is 0 Å². The molecule has 0 saturated heterocycles. The molecule has 2 N–H and O–H groups in total. The van der Waals surface area contributed by atoms with Crippen LogP contribution < -0.4 is 3.53 Å². The van der Waals surface area contributed by atoms with Crippen molar-refractivity contribution in [2.24, 2.45) is 5.41 Å². The molecular formula is C6H10INO2. The van der Waals surface area contributed by atoms with Crippen molar-refractivity contribution in [2.45, 2.75) is 19.3 Å². The van der Waals surface area contributed by atoms with Crippen LogP contribution in [0, 0.1) is 5.41 Å². The molecule has 0 bridgehead atoms. The number of hydrogen-bond acceptors (Lipinski definition) is 2. The van der Waals surface area contributed by atoms with E-state index >= 15 is 0 Å². The smallest absolute Gasteiger partial charge is 0.237 e.